The summed E-state index contributed by atoms with van der Waals surface area (Å²) in [6.45, 7) is 1.95. The van der Waals surface area contributed by atoms with Gasteiger partial charge in [-0.1, -0.05) is 0 Å². The van der Waals surface area contributed by atoms with E-state index in [1.807, 2.05) is 13.0 Å². The van der Waals surface area contributed by atoms with E-state index in [-0.39, 0.29) is 12.0 Å². The second-order valence-corrected chi connectivity index (χ2v) is 5.62. The van der Waals surface area contributed by atoms with E-state index >= 15 is 0 Å². The first kappa shape index (κ1) is 13.3. The van der Waals surface area contributed by atoms with E-state index < -0.39 is 5.97 Å². The number of carbonyl (C=O) groups is 1. The van der Waals surface area contributed by atoms with Crippen LogP contribution in [-0.2, 0) is 4.79 Å². The zero-order chi connectivity index (χ0) is 13.1. The number of aromatic nitrogens is 1. The van der Waals surface area contributed by atoms with Gasteiger partial charge in [-0.25, -0.2) is 4.98 Å². The number of halogens is 1. The average Bonchev–Trinajstić information content (AvgIpc) is 2.33. The van der Waals surface area contributed by atoms with Crippen LogP contribution in [-0.4, -0.2) is 22.2 Å². The molecule has 0 unspecified atom stereocenters. The fourth-order valence-electron chi connectivity index (χ4n) is 2.24. The fourth-order valence-corrected chi connectivity index (χ4v) is 2.68. The van der Waals surface area contributed by atoms with Gasteiger partial charge in [-0.3, -0.25) is 4.79 Å². The fraction of sp³-hybridized carbons (Fsp3) is 0.538. The van der Waals surface area contributed by atoms with Gasteiger partial charge in [-0.2, -0.15) is 0 Å². The summed E-state index contributed by atoms with van der Waals surface area (Å²) in [7, 11) is 0. The van der Waals surface area contributed by atoms with Crippen LogP contribution in [0.25, 0.3) is 0 Å². The number of aliphatic carboxylic acids is 1. The summed E-state index contributed by atoms with van der Waals surface area (Å²) < 4.78 is 6.78. The molecular formula is C13H16BrNO3. The lowest BCUT2D eigenvalue weighted by Crippen LogP contribution is -2.28. The molecule has 18 heavy (non-hydrogen) atoms. The number of aryl methyl sites for hydroxylation is 1. The number of rotatable bonds is 3. The zero-order valence-electron chi connectivity index (χ0n) is 10.2. The van der Waals surface area contributed by atoms with Crippen molar-refractivity contribution in [2.24, 2.45) is 5.92 Å². The molecule has 1 N–H and O–H groups in total. The van der Waals surface area contributed by atoms with Crippen LogP contribution in [0.4, 0.5) is 0 Å². The van der Waals surface area contributed by atoms with Gasteiger partial charge < -0.3 is 9.84 Å². The highest BCUT2D eigenvalue weighted by molar-refractivity contribution is 9.10. The predicted octanol–water partition coefficient (Wildman–Crippen LogP) is 3.17. The third kappa shape index (κ3) is 3.22. The Labute approximate surface area is 115 Å². The first-order chi connectivity index (χ1) is 8.56. The normalized spacial score (nSPS) is 23.7. The first-order valence-electron chi connectivity index (χ1n) is 6.08. The molecule has 1 fully saturated rings. The third-order valence-corrected chi connectivity index (χ3v) is 3.73. The number of hydrogen-bond acceptors (Lipinski definition) is 3. The van der Waals surface area contributed by atoms with Gasteiger partial charge in [0.15, 0.2) is 0 Å². The summed E-state index contributed by atoms with van der Waals surface area (Å²) >= 11 is 3.36. The molecule has 2 rings (SSSR count). The van der Waals surface area contributed by atoms with Crippen molar-refractivity contribution in [3.8, 4) is 5.88 Å². The van der Waals surface area contributed by atoms with E-state index in [4.69, 9.17) is 9.84 Å². The van der Waals surface area contributed by atoms with Gasteiger partial charge in [0.2, 0.25) is 5.88 Å². The van der Waals surface area contributed by atoms with Crippen molar-refractivity contribution in [3.05, 3.63) is 22.3 Å². The molecule has 0 saturated heterocycles. The Morgan fingerprint density at radius 3 is 2.67 bits per heavy atom. The largest absolute Gasteiger partial charge is 0.481 e. The smallest absolute Gasteiger partial charge is 0.306 e. The molecule has 1 aromatic rings. The lowest BCUT2D eigenvalue weighted by Gasteiger charge is -2.26. The average molecular weight is 314 g/mol. The Balaban J connectivity index is 1.93. The molecular weight excluding hydrogens is 298 g/mol. The van der Waals surface area contributed by atoms with E-state index in [0.717, 1.165) is 22.9 Å². The van der Waals surface area contributed by atoms with Crippen molar-refractivity contribution in [1.29, 1.82) is 0 Å². The van der Waals surface area contributed by atoms with E-state index in [1.165, 1.54) is 0 Å². The number of hydrogen-bond donors (Lipinski definition) is 1. The molecule has 0 aromatic carbocycles. The van der Waals surface area contributed by atoms with Gasteiger partial charge >= 0.3 is 5.97 Å². The minimum Gasteiger partial charge on any atom is -0.481 e. The van der Waals surface area contributed by atoms with Crippen molar-refractivity contribution in [1.82, 2.24) is 4.98 Å². The van der Waals surface area contributed by atoms with Crippen LogP contribution in [0.1, 0.15) is 31.2 Å². The molecule has 0 bridgehead atoms. The highest BCUT2D eigenvalue weighted by atomic mass is 79.9. The first-order valence-corrected chi connectivity index (χ1v) is 6.87. The maximum Gasteiger partial charge on any atom is 0.306 e. The Morgan fingerprint density at radius 2 is 2.11 bits per heavy atom. The van der Waals surface area contributed by atoms with Crippen LogP contribution in [0, 0.1) is 12.8 Å². The van der Waals surface area contributed by atoms with Crippen molar-refractivity contribution < 1.29 is 14.6 Å². The molecule has 1 aromatic heterocycles. The molecule has 0 aliphatic heterocycles. The quantitative estimate of drug-likeness (QED) is 0.931. The van der Waals surface area contributed by atoms with Gasteiger partial charge in [0, 0.05) is 16.2 Å². The predicted molar refractivity (Wildman–Crippen MR) is 70.7 cm³/mol. The Kier molecular flexibility index (Phi) is 4.22. The van der Waals surface area contributed by atoms with E-state index in [9.17, 15) is 4.79 Å². The van der Waals surface area contributed by atoms with Crippen molar-refractivity contribution in [2.75, 3.05) is 0 Å². The van der Waals surface area contributed by atoms with Crippen LogP contribution in [0.2, 0.25) is 0 Å². The van der Waals surface area contributed by atoms with E-state index in [2.05, 4.69) is 20.9 Å². The van der Waals surface area contributed by atoms with Crippen LogP contribution < -0.4 is 4.74 Å². The van der Waals surface area contributed by atoms with Gasteiger partial charge in [0.05, 0.1) is 5.92 Å². The van der Waals surface area contributed by atoms with E-state index in [0.29, 0.717) is 18.7 Å². The molecule has 0 atom stereocenters. The topological polar surface area (TPSA) is 59.4 Å². The molecule has 1 aliphatic carbocycles. The minimum absolute atomic E-state index is 0.0907. The van der Waals surface area contributed by atoms with Crippen molar-refractivity contribution >= 4 is 21.9 Å². The highest BCUT2D eigenvalue weighted by Gasteiger charge is 2.27. The lowest BCUT2D eigenvalue weighted by atomic mass is 9.87. The number of ether oxygens (including phenoxy) is 1. The van der Waals surface area contributed by atoms with Crippen molar-refractivity contribution in [2.45, 2.75) is 38.7 Å². The molecule has 0 radical (unpaired) electrons. The van der Waals surface area contributed by atoms with Crippen LogP contribution in [0.15, 0.2) is 16.7 Å². The Morgan fingerprint density at radius 1 is 1.44 bits per heavy atom. The molecule has 1 saturated carbocycles. The summed E-state index contributed by atoms with van der Waals surface area (Å²) in [5.41, 5.74) is 0.990. The second kappa shape index (κ2) is 5.69. The Hall–Kier alpha value is -1.10. The SMILES string of the molecule is Cc1cc(Br)cnc1OC1CCC(C(=O)O)CC1. The van der Waals surface area contributed by atoms with Crippen LogP contribution >= 0.6 is 15.9 Å². The molecule has 98 valence electrons. The number of pyridine rings is 1. The van der Waals surface area contributed by atoms with Crippen molar-refractivity contribution in [3.63, 3.8) is 0 Å². The molecule has 1 heterocycles. The van der Waals surface area contributed by atoms with Gasteiger partial charge in [0.25, 0.3) is 0 Å². The zero-order valence-corrected chi connectivity index (χ0v) is 11.8. The summed E-state index contributed by atoms with van der Waals surface area (Å²) in [6.07, 6.45) is 4.76. The summed E-state index contributed by atoms with van der Waals surface area (Å²) in [5, 5.41) is 8.93. The molecule has 0 amide bonds. The minimum atomic E-state index is -0.689. The van der Waals surface area contributed by atoms with Gasteiger partial charge in [-0.05, 0) is 54.6 Å². The number of carboxylic acid groups (broad SMARTS) is 1. The summed E-state index contributed by atoms with van der Waals surface area (Å²) in [6, 6.07) is 1.96. The molecule has 5 heteroatoms. The van der Waals surface area contributed by atoms with E-state index in [1.54, 1.807) is 6.20 Å². The summed E-state index contributed by atoms with van der Waals surface area (Å²) in [4.78, 5) is 15.1. The third-order valence-electron chi connectivity index (χ3n) is 3.30. The molecule has 1 aliphatic rings. The van der Waals surface area contributed by atoms with Crippen LogP contribution in [0.3, 0.4) is 0 Å². The summed E-state index contributed by atoms with van der Waals surface area (Å²) in [5.74, 6) is -0.243. The number of carboxylic acids is 1. The standard InChI is InChI=1S/C13H16BrNO3/c1-8-6-10(14)7-15-12(8)18-11-4-2-9(3-5-11)13(16)17/h6-7,9,11H,2-5H2,1H3,(H,16,17). The lowest BCUT2D eigenvalue weighted by molar-refractivity contribution is -0.143. The number of nitrogens with zero attached hydrogens (tertiary/aromatic N) is 1. The Bertz CT molecular complexity index is 442. The molecule has 4 nitrogen and oxygen atoms in total. The monoisotopic (exact) mass is 313 g/mol. The maximum atomic E-state index is 10.9. The maximum absolute atomic E-state index is 10.9. The van der Waals surface area contributed by atoms with Gasteiger partial charge in [0.1, 0.15) is 6.10 Å². The second-order valence-electron chi connectivity index (χ2n) is 4.71. The van der Waals surface area contributed by atoms with Gasteiger partial charge in [-0.15, -0.1) is 0 Å². The van der Waals surface area contributed by atoms with Crippen LogP contribution in [0.5, 0.6) is 5.88 Å². The molecule has 0 spiro atoms. The highest BCUT2D eigenvalue weighted by Crippen LogP contribution is 2.28.